The summed E-state index contributed by atoms with van der Waals surface area (Å²) in [6.45, 7) is 3.27. The van der Waals surface area contributed by atoms with Gasteiger partial charge in [0.2, 0.25) is 17.5 Å². The van der Waals surface area contributed by atoms with Gasteiger partial charge in [-0.25, -0.2) is 9.59 Å². The maximum atomic E-state index is 13.2. The van der Waals surface area contributed by atoms with Gasteiger partial charge < -0.3 is 29.9 Å². The van der Waals surface area contributed by atoms with E-state index in [2.05, 4.69) is 20.4 Å². The van der Waals surface area contributed by atoms with Crippen LogP contribution in [-0.4, -0.2) is 76.7 Å². The van der Waals surface area contributed by atoms with E-state index in [1.165, 1.54) is 0 Å². The van der Waals surface area contributed by atoms with Gasteiger partial charge in [-0.3, -0.25) is 9.69 Å². The molecule has 3 aromatic rings. The Balaban J connectivity index is 1.25. The third kappa shape index (κ3) is 9.40. The summed E-state index contributed by atoms with van der Waals surface area (Å²) >= 11 is 0. The number of piperazine rings is 1. The SMILES string of the molecule is NCCCC[C@H](NC(=O)OCc1ccccc1)C(=O)c1noc(CN2CCN(C(=O)OCc3ccccc3)CC2)n1. The van der Waals surface area contributed by atoms with Crippen LogP contribution in [0.1, 0.15) is 46.9 Å². The van der Waals surface area contributed by atoms with Crippen LogP contribution in [-0.2, 0) is 29.2 Å². The van der Waals surface area contributed by atoms with Gasteiger partial charge in [0.25, 0.3) is 0 Å². The zero-order valence-corrected chi connectivity index (χ0v) is 22.9. The molecule has 218 valence electrons. The Bertz CT molecular complexity index is 1250. The van der Waals surface area contributed by atoms with E-state index in [0.717, 1.165) is 11.1 Å². The first-order chi connectivity index (χ1) is 20.0. The first-order valence-electron chi connectivity index (χ1n) is 13.7. The topological polar surface area (TPSA) is 153 Å². The van der Waals surface area contributed by atoms with Crippen molar-refractivity contribution in [3.05, 3.63) is 83.5 Å². The first-order valence-corrected chi connectivity index (χ1v) is 13.7. The van der Waals surface area contributed by atoms with Crippen LogP contribution >= 0.6 is 0 Å². The summed E-state index contributed by atoms with van der Waals surface area (Å²) in [5.74, 6) is -0.287. The first kappa shape index (κ1) is 29.7. The minimum atomic E-state index is -0.874. The molecule has 2 heterocycles. The Morgan fingerprint density at radius 3 is 2.17 bits per heavy atom. The largest absolute Gasteiger partial charge is 0.445 e. The minimum absolute atomic E-state index is 0.0841. The molecule has 1 saturated heterocycles. The molecule has 1 aromatic heterocycles. The van der Waals surface area contributed by atoms with Crippen LogP contribution in [0, 0.1) is 0 Å². The van der Waals surface area contributed by atoms with Gasteiger partial charge >= 0.3 is 12.2 Å². The minimum Gasteiger partial charge on any atom is -0.445 e. The third-order valence-electron chi connectivity index (χ3n) is 6.65. The number of hydrogen-bond donors (Lipinski definition) is 2. The fourth-order valence-electron chi connectivity index (χ4n) is 4.33. The lowest BCUT2D eigenvalue weighted by molar-refractivity contribution is 0.0675. The van der Waals surface area contributed by atoms with Crippen LogP contribution in [0.3, 0.4) is 0 Å². The maximum Gasteiger partial charge on any atom is 0.410 e. The average Bonchev–Trinajstić information content (AvgIpc) is 3.48. The number of nitrogens with zero attached hydrogens (tertiary/aromatic N) is 4. The van der Waals surface area contributed by atoms with E-state index in [4.69, 9.17) is 19.7 Å². The number of nitrogens with one attached hydrogen (secondary N) is 1. The summed E-state index contributed by atoms with van der Waals surface area (Å²) in [6.07, 6.45) is 0.643. The number of carbonyl (C=O) groups excluding carboxylic acids is 3. The molecule has 0 bridgehead atoms. The highest BCUT2D eigenvalue weighted by Crippen LogP contribution is 2.12. The molecule has 12 heteroatoms. The molecule has 0 saturated carbocycles. The number of nitrogens with two attached hydrogens (primary N) is 1. The number of rotatable bonds is 13. The molecule has 41 heavy (non-hydrogen) atoms. The van der Waals surface area contributed by atoms with Gasteiger partial charge in [-0.1, -0.05) is 65.8 Å². The maximum absolute atomic E-state index is 13.2. The highest BCUT2D eigenvalue weighted by molar-refractivity contribution is 5.98. The Morgan fingerprint density at radius 1 is 0.902 bits per heavy atom. The summed E-state index contributed by atoms with van der Waals surface area (Å²) in [5, 5.41) is 6.50. The molecule has 0 spiro atoms. The second-order valence-electron chi connectivity index (χ2n) is 9.72. The van der Waals surface area contributed by atoms with Crippen LogP contribution in [0.25, 0.3) is 0 Å². The van der Waals surface area contributed by atoms with Crippen molar-refractivity contribution in [2.75, 3.05) is 32.7 Å². The Kier molecular flexibility index (Phi) is 11.2. The average molecular weight is 565 g/mol. The van der Waals surface area contributed by atoms with Crippen molar-refractivity contribution in [2.45, 2.75) is 45.1 Å². The number of alkyl carbamates (subject to hydrolysis) is 1. The molecule has 1 aliphatic heterocycles. The standard InChI is InChI=1S/C29H36N6O6/c30-14-8-7-13-24(31-28(37)39-20-22-9-3-1-4-10-22)26(36)27-32-25(41-33-27)19-34-15-17-35(18-16-34)29(38)40-21-23-11-5-2-6-12-23/h1-6,9-12,24H,7-8,13-21,30H2,(H,31,37)/t24-/m0/s1. The lowest BCUT2D eigenvalue weighted by atomic mass is 10.0. The van der Waals surface area contributed by atoms with Gasteiger partial charge in [-0.15, -0.1) is 0 Å². The van der Waals surface area contributed by atoms with Gasteiger partial charge in [-0.05, 0) is 36.9 Å². The van der Waals surface area contributed by atoms with Crippen LogP contribution in [0.15, 0.2) is 65.2 Å². The van der Waals surface area contributed by atoms with E-state index in [1.807, 2.05) is 60.7 Å². The molecule has 1 atom stereocenters. The van der Waals surface area contributed by atoms with Gasteiger partial charge in [0.05, 0.1) is 12.6 Å². The van der Waals surface area contributed by atoms with E-state index in [9.17, 15) is 14.4 Å². The Labute approximate surface area is 238 Å². The quantitative estimate of drug-likeness (QED) is 0.234. The van der Waals surface area contributed by atoms with Crippen molar-refractivity contribution in [1.82, 2.24) is 25.3 Å². The normalized spacial score (nSPS) is 14.3. The van der Waals surface area contributed by atoms with Crippen LogP contribution < -0.4 is 11.1 Å². The van der Waals surface area contributed by atoms with Crippen LogP contribution in [0.5, 0.6) is 0 Å². The Morgan fingerprint density at radius 2 is 1.54 bits per heavy atom. The molecular weight excluding hydrogens is 528 g/mol. The lowest BCUT2D eigenvalue weighted by Gasteiger charge is -2.33. The number of amides is 2. The number of benzene rings is 2. The second-order valence-corrected chi connectivity index (χ2v) is 9.72. The molecule has 2 aromatic carbocycles. The van der Waals surface area contributed by atoms with E-state index < -0.39 is 17.9 Å². The van der Waals surface area contributed by atoms with Gasteiger partial charge in [0.15, 0.2) is 0 Å². The van der Waals surface area contributed by atoms with E-state index >= 15 is 0 Å². The van der Waals surface area contributed by atoms with Crippen molar-refractivity contribution in [3.63, 3.8) is 0 Å². The van der Waals surface area contributed by atoms with Gasteiger partial charge in [0, 0.05) is 26.2 Å². The molecule has 12 nitrogen and oxygen atoms in total. The summed E-state index contributed by atoms with van der Waals surface area (Å²) in [5.41, 5.74) is 7.37. The number of hydrogen-bond acceptors (Lipinski definition) is 10. The zero-order valence-electron chi connectivity index (χ0n) is 22.9. The van der Waals surface area contributed by atoms with Crippen molar-refractivity contribution in [3.8, 4) is 0 Å². The molecular formula is C29H36N6O6. The van der Waals surface area contributed by atoms with Crippen LogP contribution in [0.4, 0.5) is 9.59 Å². The predicted molar refractivity (Wildman–Crippen MR) is 149 cm³/mol. The van der Waals surface area contributed by atoms with Crippen molar-refractivity contribution in [2.24, 2.45) is 5.73 Å². The van der Waals surface area contributed by atoms with Crippen molar-refractivity contribution >= 4 is 18.0 Å². The zero-order chi connectivity index (χ0) is 28.9. The van der Waals surface area contributed by atoms with E-state index in [-0.39, 0.29) is 31.0 Å². The number of Topliss-reactive ketones (excluding diaryl/α,β-unsaturated/α-hetero) is 1. The summed E-state index contributed by atoms with van der Waals surface area (Å²) in [4.78, 5) is 46.0. The number of aromatic nitrogens is 2. The summed E-state index contributed by atoms with van der Waals surface area (Å²) < 4.78 is 16.0. The van der Waals surface area contributed by atoms with Gasteiger partial charge in [-0.2, -0.15) is 4.98 Å². The van der Waals surface area contributed by atoms with Crippen LogP contribution in [0.2, 0.25) is 0 Å². The highest BCUT2D eigenvalue weighted by Gasteiger charge is 2.28. The lowest BCUT2D eigenvalue weighted by Crippen LogP contribution is -2.48. The number of ketones is 1. The fourth-order valence-corrected chi connectivity index (χ4v) is 4.33. The highest BCUT2D eigenvalue weighted by atomic mass is 16.6. The van der Waals surface area contributed by atoms with Crippen molar-refractivity contribution in [1.29, 1.82) is 0 Å². The second kappa shape index (κ2) is 15.5. The molecule has 3 N–H and O–H groups in total. The number of ether oxygens (including phenoxy) is 2. The molecule has 2 amide bonds. The van der Waals surface area contributed by atoms with E-state index in [1.54, 1.807) is 4.90 Å². The van der Waals surface area contributed by atoms with Gasteiger partial charge in [0.1, 0.15) is 13.2 Å². The monoisotopic (exact) mass is 564 g/mol. The summed E-state index contributed by atoms with van der Waals surface area (Å²) in [7, 11) is 0. The molecule has 1 fully saturated rings. The smallest absolute Gasteiger partial charge is 0.410 e. The molecule has 0 radical (unpaired) electrons. The summed E-state index contributed by atoms with van der Waals surface area (Å²) in [6, 6.07) is 17.9. The van der Waals surface area contributed by atoms with E-state index in [0.29, 0.717) is 58.5 Å². The molecule has 4 rings (SSSR count). The molecule has 1 aliphatic rings. The molecule has 0 unspecified atom stereocenters. The predicted octanol–water partition coefficient (Wildman–Crippen LogP) is 3.13. The molecule has 0 aliphatic carbocycles. The Hall–Kier alpha value is -4.29. The fraction of sp³-hybridized carbons (Fsp3) is 0.414. The third-order valence-corrected chi connectivity index (χ3v) is 6.65. The number of carbonyl (C=O) groups is 3. The van der Waals surface area contributed by atoms with Crippen molar-refractivity contribution < 1.29 is 28.4 Å². The number of unbranched alkanes of at least 4 members (excludes halogenated alkanes) is 1.